The summed E-state index contributed by atoms with van der Waals surface area (Å²) in [5.41, 5.74) is 0. The molecule has 0 rings (SSSR count). The van der Waals surface area contributed by atoms with E-state index in [0.717, 1.165) is 18.9 Å². The number of ether oxygens (including phenoxy) is 3. The summed E-state index contributed by atoms with van der Waals surface area (Å²) in [6.45, 7) is 8.28. The van der Waals surface area contributed by atoms with Crippen LogP contribution in [0.4, 0.5) is 0 Å². The zero-order valence-electron chi connectivity index (χ0n) is 14.1. The Labute approximate surface area is 131 Å². The van der Waals surface area contributed by atoms with Crippen LogP contribution in [0.25, 0.3) is 0 Å². The van der Waals surface area contributed by atoms with Gasteiger partial charge in [0.25, 0.3) is 0 Å². The van der Waals surface area contributed by atoms with Gasteiger partial charge in [0.1, 0.15) is 0 Å². The van der Waals surface area contributed by atoms with Gasteiger partial charge in [0.05, 0.1) is 39.6 Å². The Kier molecular flexibility index (Phi) is 17.8. The van der Waals surface area contributed by atoms with Crippen LogP contribution < -0.4 is 0 Å². The van der Waals surface area contributed by atoms with E-state index in [4.69, 9.17) is 19.3 Å². The van der Waals surface area contributed by atoms with Gasteiger partial charge in [-0.2, -0.15) is 0 Å². The van der Waals surface area contributed by atoms with Gasteiger partial charge >= 0.3 is 0 Å². The second kappa shape index (κ2) is 17.9. The van der Waals surface area contributed by atoms with Crippen LogP contribution in [-0.4, -0.2) is 51.4 Å². The molecule has 0 aliphatic heterocycles. The SMILES string of the molecule is CCC(CC)CCCCCCOCCOCCOCCO. The minimum absolute atomic E-state index is 0.0701. The molecule has 21 heavy (non-hydrogen) atoms. The van der Waals surface area contributed by atoms with Gasteiger partial charge in [0.15, 0.2) is 0 Å². The summed E-state index contributed by atoms with van der Waals surface area (Å²) in [7, 11) is 0. The maximum absolute atomic E-state index is 8.51. The first-order valence-corrected chi connectivity index (χ1v) is 8.69. The fraction of sp³-hybridized carbons (Fsp3) is 1.00. The predicted molar refractivity (Wildman–Crippen MR) is 86.7 cm³/mol. The van der Waals surface area contributed by atoms with Crippen molar-refractivity contribution in [2.75, 3.05) is 46.2 Å². The quantitative estimate of drug-likeness (QED) is 0.418. The van der Waals surface area contributed by atoms with Crippen LogP contribution in [0.2, 0.25) is 0 Å². The molecule has 0 aromatic heterocycles. The van der Waals surface area contributed by atoms with E-state index in [1.165, 1.54) is 38.5 Å². The molecule has 4 nitrogen and oxygen atoms in total. The lowest BCUT2D eigenvalue weighted by Crippen LogP contribution is -2.11. The fourth-order valence-corrected chi connectivity index (χ4v) is 2.29. The van der Waals surface area contributed by atoms with E-state index in [2.05, 4.69) is 13.8 Å². The van der Waals surface area contributed by atoms with Crippen molar-refractivity contribution in [3.05, 3.63) is 0 Å². The topological polar surface area (TPSA) is 47.9 Å². The zero-order valence-corrected chi connectivity index (χ0v) is 14.1. The number of hydrogen-bond donors (Lipinski definition) is 1. The summed E-state index contributed by atoms with van der Waals surface area (Å²) in [6.07, 6.45) is 9.16. The lowest BCUT2D eigenvalue weighted by atomic mass is 9.96. The van der Waals surface area contributed by atoms with Crippen LogP contribution >= 0.6 is 0 Å². The maximum Gasteiger partial charge on any atom is 0.0701 e. The van der Waals surface area contributed by atoms with E-state index in [1.54, 1.807) is 0 Å². The average molecular weight is 304 g/mol. The molecule has 128 valence electrons. The number of unbranched alkanes of at least 4 members (excludes halogenated alkanes) is 3. The Balaban J connectivity index is 3.02. The third-order valence-electron chi connectivity index (χ3n) is 3.79. The molecule has 0 fully saturated rings. The highest BCUT2D eigenvalue weighted by Gasteiger charge is 2.02. The highest BCUT2D eigenvalue weighted by Crippen LogP contribution is 2.16. The Morgan fingerprint density at radius 3 is 1.76 bits per heavy atom. The zero-order chi connectivity index (χ0) is 15.6. The van der Waals surface area contributed by atoms with E-state index in [9.17, 15) is 0 Å². The van der Waals surface area contributed by atoms with E-state index >= 15 is 0 Å². The van der Waals surface area contributed by atoms with Gasteiger partial charge in [0, 0.05) is 6.61 Å². The van der Waals surface area contributed by atoms with Crippen LogP contribution in [0.1, 0.15) is 58.8 Å². The molecule has 1 N–H and O–H groups in total. The summed E-state index contributed by atoms with van der Waals surface area (Å²) < 4.78 is 16.0. The molecule has 4 heteroatoms. The highest BCUT2D eigenvalue weighted by atomic mass is 16.5. The first-order valence-electron chi connectivity index (χ1n) is 8.69. The Bertz CT molecular complexity index is 184. The van der Waals surface area contributed by atoms with Crippen LogP contribution in [-0.2, 0) is 14.2 Å². The predicted octanol–water partition coefficient (Wildman–Crippen LogP) is 3.42. The van der Waals surface area contributed by atoms with Gasteiger partial charge in [-0.05, 0) is 12.3 Å². The Morgan fingerprint density at radius 1 is 0.667 bits per heavy atom. The fourth-order valence-electron chi connectivity index (χ4n) is 2.29. The van der Waals surface area contributed by atoms with E-state index in [-0.39, 0.29) is 6.61 Å². The van der Waals surface area contributed by atoms with E-state index < -0.39 is 0 Å². The van der Waals surface area contributed by atoms with Crippen LogP contribution in [0.5, 0.6) is 0 Å². The molecule has 0 aromatic carbocycles. The minimum atomic E-state index is 0.0701. The van der Waals surface area contributed by atoms with Crippen molar-refractivity contribution < 1.29 is 19.3 Å². The van der Waals surface area contributed by atoms with Gasteiger partial charge < -0.3 is 19.3 Å². The first-order chi connectivity index (χ1) is 10.3. The molecule has 0 aromatic rings. The summed E-state index contributed by atoms with van der Waals surface area (Å²) in [4.78, 5) is 0. The number of aliphatic hydroxyl groups excluding tert-OH is 1. The Hall–Kier alpha value is -0.160. The number of rotatable bonds is 17. The summed E-state index contributed by atoms with van der Waals surface area (Å²) in [6, 6.07) is 0. The second-order valence-corrected chi connectivity index (χ2v) is 5.45. The summed E-state index contributed by atoms with van der Waals surface area (Å²) >= 11 is 0. The van der Waals surface area contributed by atoms with Crippen LogP contribution in [0, 0.1) is 5.92 Å². The molecule has 0 aliphatic carbocycles. The van der Waals surface area contributed by atoms with Crippen LogP contribution in [0.3, 0.4) is 0 Å². The van der Waals surface area contributed by atoms with Crippen molar-refractivity contribution in [1.29, 1.82) is 0 Å². The Morgan fingerprint density at radius 2 is 1.19 bits per heavy atom. The molecule has 0 radical (unpaired) electrons. The lowest BCUT2D eigenvalue weighted by molar-refractivity contribution is 0.00719. The van der Waals surface area contributed by atoms with Gasteiger partial charge in [0.2, 0.25) is 0 Å². The summed E-state index contributed by atoms with van der Waals surface area (Å²) in [5, 5.41) is 8.51. The molecular formula is C17H36O4. The molecule has 0 atom stereocenters. The van der Waals surface area contributed by atoms with Gasteiger partial charge in [-0.3, -0.25) is 0 Å². The molecular weight excluding hydrogens is 268 g/mol. The molecule has 0 saturated heterocycles. The smallest absolute Gasteiger partial charge is 0.0701 e. The molecule has 0 aliphatic rings. The van der Waals surface area contributed by atoms with Crippen molar-refractivity contribution in [2.45, 2.75) is 58.8 Å². The van der Waals surface area contributed by atoms with Crippen molar-refractivity contribution in [3.8, 4) is 0 Å². The largest absolute Gasteiger partial charge is 0.394 e. The van der Waals surface area contributed by atoms with Crippen LogP contribution in [0.15, 0.2) is 0 Å². The maximum atomic E-state index is 8.51. The third-order valence-corrected chi connectivity index (χ3v) is 3.79. The van der Waals surface area contributed by atoms with E-state index in [0.29, 0.717) is 33.0 Å². The summed E-state index contributed by atoms with van der Waals surface area (Å²) in [5.74, 6) is 0.930. The lowest BCUT2D eigenvalue weighted by Gasteiger charge is -2.11. The third kappa shape index (κ3) is 16.0. The number of hydrogen-bond acceptors (Lipinski definition) is 4. The monoisotopic (exact) mass is 304 g/mol. The normalized spacial score (nSPS) is 11.4. The highest BCUT2D eigenvalue weighted by molar-refractivity contribution is 4.55. The molecule has 0 amide bonds. The van der Waals surface area contributed by atoms with Crippen molar-refractivity contribution in [1.82, 2.24) is 0 Å². The number of aliphatic hydroxyl groups is 1. The van der Waals surface area contributed by atoms with Gasteiger partial charge in [-0.1, -0.05) is 52.4 Å². The molecule has 0 unspecified atom stereocenters. The minimum Gasteiger partial charge on any atom is -0.394 e. The molecule has 0 bridgehead atoms. The standard InChI is InChI=1S/C17H36O4/c1-3-17(4-2)9-7-5-6-8-11-19-13-15-21-16-14-20-12-10-18/h17-18H,3-16H2,1-2H3. The van der Waals surface area contributed by atoms with Crippen molar-refractivity contribution >= 4 is 0 Å². The average Bonchev–Trinajstić information content (AvgIpc) is 2.51. The first kappa shape index (κ1) is 20.8. The molecule has 0 spiro atoms. The van der Waals surface area contributed by atoms with Gasteiger partial charge in [-0.15, -0.1) is 0 Å². The second-order valence-electron chi connectivity index (χ2n) is 5.45. The molecule has 0 saturated carbocycles. The van der Waals surface area contributed by atoms with Crippen molar-refractivity contribution in [3.63, 3.8) is 0 Å². The van der Waals surface area contributed by atoms with Gasteiger partial charge in [-0.25, -0.2) is 0 Å². The van der Waals surface area contributed by atoms with E-state index in [1.807, 2.05) is 0 Å². The van der Waals surface area contributed by atoms with Crippen molar-refractivity contribution in [2.24, 2.45) is 5.92 Å². The molecule has 0 heterocycles.